The molecule has 1 fully saturated rings. The summed E-state index contributed by atoms with van der Waals surface area (Å²) in [5.74, 6) is 0.0958. The largest absolute Gasteiger partial charge is 0.383 e. The molecule has 2 N–H and O–H groups in total. The molecule has 4 heteroatoms. The predicted octanol–water partition coefficient (Wildman–Crippen LogP) is 0.919. The SMILES string of the molecule is CCCC1(CNC(=O)CNCCOC)CC1. The first-order valence-electron chi connectivity index (χ1n) is 6.19. The first-order chi connectivity index (χ1) is 7.72. The Morgan fingerprint density at radius 2 is 2.19 bits per heavy atom. The molecule has 0 aromatic rings. The van der Waals surface area contributed by atoms with E-state index in [1.54, 1.807) is 7.11 Å². The molecule has 0 aromatic carbocycles. The molecule has 16 heavy (non-hydrogen) atoms. The molecule has 1 saturated carbocycles. The molecule has 0 unspecified atom stereocenters. The Morgan fingerprint density at radius 1 is 1.44 bits per heavy atom. The first kappa shape index (κ1) is 13.5. The summed E-state index contributed by atoms with van der Waals surface area (Å²) in [6.45, 7) is 4.82. The van der Waals surface area contributed by atoms with Gasteiger partial charge < -0.3 is 15.4 Å². The summed E-state index contributed by atoms with van der Waals surface area (Å²) in [6, 6.07) is 0. The molecule has 0 spiro atoms. The van der Waals surface area contributed by atoms with Gasteiger partial charge in [0.15, 0.2) is 0 Å². The lowest BCUT2D eigenvalue weighted by Gasteiger charge is -2.14. The van der Waals surface area contributed by atoms with Gasteiger partial charge in [0.25, 0.3) is 0 Å². The third-order valence-electron chi connectivity index (χ3n) is 3.17. The van der Waals surface area contributed by atoms with E-state index < -0.39 is 0 Å². The minimum Gasteiger partial charge on any atom is -0.383 e. The zero-order valence-corrected chi connectivity index (χ0v) is 10.5. The van der Waals surface area contributed by atoms with Gasteiger partial charge in [0.05, 0.1) is 13.2 Å². The average molecular weight is 228 g/mol. The van der Waals surface area contributed by atoms with Crippen molar-refractivity contribution in [2.75, 3.05) is 33.4 Å². The van der Waals surface area contributed by atoms with E-state index in [0.29, 0.717) is 18.6 Å². The fraction of sp³-hybridized carbons (Fsp3) is 0.917. The smallest absolute Gasteiger partial charge is 0.233 e. The summed E-state index contributed by atoms with van der Waals surface area (Å²) in [5, 5.41) is 6.04. The fourth-order valence-electron chi connectivity index (χ4n) is 1.95. The Kier molecular flexibility index (Phi) is 5.77. The molecule has 0 aromatic heterocycles. The summed E-state index contributed by atoms with van der Waals surface area (Å²) < 4.78 is 4.89. The monoisotopic (exact) mass is 228 g/mol. The number of hydrogen-bond acceptors (Lipinski definition) is 3. The van der Waals surface area contributed by atoms with Crippen LogP contribution in [0.4, 0.5) is 0 Å². The van der Waals surface area contributed by atoms with Crippen LogP contribution in [-0.4, -0.2) is 39.3 Å². The van der Waals surface area contributed by atoms with Crippen LogP contribution in [0.15, 0.2) is 0 Å². The standard InChI is InChI=1S/C12H24N2O2/c1-3-4-12(5-6-12)10-14-11(15)9-13-7-8-16-2/h13H,3-10H2,1-2H3,(H,14,15). The number of rotatable bonds is 9. The summed E-state index contributed by atoms with van der Waals surface area (Å²) in [4.78, 5) is 11.5. The number of carbonyl (C=O) groups excluding carboxylic acids is 1. The Labute approximate surface area is 98.1 Å². The van der Waals surface area contributed by atoms with Gasteiger partial charge in [-0.3, -0.25) is 4.79 Å². The van der Waals surface area contributed by atoms with Crippen LogP contribution in [0.1, 0.15) is 32.6 Å². The van der Waals surface area contributed by atoms with Crippen LogP contribution in [0, 0.1) is 5.41 Å². The molecule has 4 nitrogen and oxygen atoms in total. The highest BCUT2D eigenvalue weighted by Crippen LogP contribution is 2.48. The van der Waals surface area contributed by atoms with Crippen molar-refractivity contribution in [1.82, 2.24) is 10.6 Å². The summed E-state index contributed by atoms with van der Waals surface area (Å²) >= 11 is 0. The zero-order chi connectivity index (χ0) is 11.9. The quantitative estimate of drug-likeness (QED) is 0.577. The molecule has 0 radical (unpaired) electrons. The lowest BCUT2D eigenvalue weighted by Crippen LogP contribution is -2.38. The van der Waals surface area contributed by atoms with E-state index in [4.69, 9.17) is 4.74 Å². The van der Waals surface area contributed by atoms with E-state index in [9.17, 15) is 4.79 Å². The Bertz CT molecular complexity index is 215. The van der Waals surface area contributed by atoms with Crippen LogP contribution < -0.4 is 10.6 Å². The van der Waals surface area contributed by atoms with Crippen molar-refractivity contribution in [1.29, 1.82) is 0 Å². The number of amides is 1. The third-order valence-corrected chi connectivity index (χ3v) is 3.17. The number of ether oxygens (including phenoxy) is 1. The van der Waals surface area contributed by atoms with Gasteiger partial charge in [-0.2, -0.15) is 0 Å². The number of methoxy groups -OCH3 is 1. The molecule has 0 heterocycles. The summed E-state index contributed by atoms with van der Waals surface area (Å²) in [6.07, 6.45) is 5.00. The van der Waals surface area contributed by atoms with Gasteiger partial charge in [-0.15, -0.1) is 0 Å². The van der Waals surface area contributed by atoms with Crippen LogP contribution in [0.25, 0.3) is 0 Å². The normalized spacial score (nSPS) is 17.1. The second-order valence-corrected chi connectivity index (χ2v) is 4.70. The molecular weight excluding hydrogens is 204 g/mol. The second-order valence-electron chi connectivity index (χ2n) is 4.70. The highest BCUT2D eigenvalue weighted by Gasteiger charge is 2.41. The minimum atomic E-state index is 0.0958. The molecule has 0 atom stereocenters. The van der Waals surface area contributed by atoms with Gasteiger partial charge in [0, 0.05) is 20.2 Å². The molecule has 1 rings (SSSR count). The number of nitrogens with one attached hydrogen (secondary N) is 2. The van der Waals surface area contributed by atoms with Gasteiger partial charge in [0.1, 0.15) is 0 Å². The first-order valence-corrected chi connectivity index (χ1v) is 6.19. The van der Waals surface area contributed by atoms with Crippen molar-refractivity contribution >= 4 is 5.91 Å². The van der Waals surface area contributed by atoms with E-state index in [2.05, 4.69) is 17.6 Å². The van der Waals surface area contributed by atoms with Crippen LogP contribution in [-0.2, 0) is 9.53 Å². The summed E-state index contributed by atoms with van der Waals surface area (Å²) in [7, 11) is 1.66. The van der Waals surface area contributed by atoms with Gasteiger partial charge in [-0.05, 0) is 24.7 Å². The zero-order valence-electron chi connectivity index (χ0n) is 10.5. The Balaban J connectivity index is 2.02. The lowest BCUT2D eigenvalue weighted by atomic mass is 10.0. The van der Waals surface area contributed by atoms with Gasteiger partial charge >= 0.3 is 0 Å². The van der Waals surface area contributed by atoms with E-state index in [1.165, 1.54) is 25.7 Å². The van der Waals surface area contributed by atoms with E-state index in [1.807, 2.05) is 0 Å². The van der Waals surface area contributed by atoms with Crippen molar-refractivity contribution < 1.29 is 9.53 Å². The third kappa shape index (κ3) is 4.94. The van der Waals surface area contributed by atoms with Crippen LogP contribution >= 0.6 is 0 Å². The Hall–Kier alpha value is -0.610. The molecule has 1 aliphatic rings. The fourth-order valence-corrected chi connectivity index (χ4v) is 1.95. The number of hydrogen-bond donors (Lipinski definition) is 2. The maximum Gasteiger partial charge on any atom is 0.233 e. The molecule has 1 aliphatic carbocycles. The maximum absolute atomic E-state index is 11.5. The van der Waals surface area contributed by atoms with Gasteiger partial charge in [-0.1, -0.05) is 13.3 Å². The van der Waals surface area contributed by atoms with Crippen molar-refractivity contribution in [2.24, 2.45) is 5.41 Å². The van der Waals surface area contributed by atoms with Crippen molar-refractivity contribution in [3.05, 3.63) is 0 Å². The second kappa shape index (κ2) is 6.86. The summed E-state index contributed by atoms with van der Waals surface area (Å²) in [5.41, 5.74) is 0.441. The molecular formula is C12H24N2O2. The minimum absolute atomic E-state index is 0.0958. The Morgan fingerprint density at radius 3 is 2.75 bits per heavy atom. The molecule has 0 bridgehead atoms. The van der Waals surface area contributed by atoms with Crippen molar-refractivity contribution in [3.8, 4) is 0 Å². The highest BCUT2D eigenvalue weighted by molar-refractivity contribution is 5.78. The lowest BCUT2D eigenvalue weighted by molar-refractivity contribution is -0.120. The van der Waals surface area contributed by atoms with E-state index >= 15 is 0 Å². The molecule has 0 aliphatic heterocycles. The van der Waals surface area contributed by atoms with E-state index in [0.717, 1.165) is 13.1 Å². The maximum atomic E-state index is 11.5. The average Bonchev–Trinajstić information content (AvgIpc) is 3.03. The molecule has 0 saturated heterocycles. The van der Waals surface area contributed by atoms with E-state index in [-0.39, 0.29) is 5.91 Å². The van der Waals surface area contributed by atoms with Crippen LogP contribution in [0.2, 0.25) is 0 Å². The molecule has 94 valence electrons. The topological polar surface area (TPSA) is 50.4 Å². The van der Waals surface area contributed by atoms with Crippen molar-refractivity contribution in [3.63, 3.8) is 0 Å². The molecule has 1 amide bonds. The highest BCUT2D eigenvalue weighted by atomic mass is 16.5. The number of carbonyl (C=O) groups is 1. The van der Waals surface area contributed by atoms with Crippen LogP contribution in [0.3, 0.4) is 0 Å². The van der Waals surface area contributed by atoms with Gasteiger partial charge in [0.2, 0.25) is 5.91 Å². The van der Waals surface area contributed by atoms with Crippen LogP contribution in [0.5, 0.6) is 0 Å². The van der Waals surface area contributed by atoms with Crippen molar-refractivity contribution in [2.45, 2.75) is 32.6 Å². The predicted molar refractivity (Wildman–Crippen MR) is 64.3 cm³/mol. The van der Waals surface area contributed by atoms with Gasteiger partial charge in [-0.25, -0.2) is 0 Å².